The molecular formula is C11H13F3. The van der Waals surface area contributed by atoms with E-state index in [0.717, 1.165) is 17.5 Å². The number of halogens is 3. The van der Waals surface area contributed by atoms with Crippen molar-refractivity contribution in [1.82, 2.24) is 0 Å². The van der Waals surface area contributed by atoms with Crippen LogP contribution in [0, 0.1) is 6.92 Å². The van der Waals surface area contributed by atoms with Crippen molar-refractivity contribution < 1.29 is 13.2 Å². The minimum Gasteiger partial charge on any atom is -0.171 e. The fourth-order valence-electron chi connectivity index (χ4n) is 1.39. The lowest BCUT2D eigenvalue weighted by atomic mass is 10.0. The lowest BCUT2D eigenvalue weighted by Crippen LogP contribution is -2.12. The smallest absolute Gasteiger partial charge is 0.171 e. The summed E-state index contributed by atoms with van der Waals surface area (Å²) in [6.45, 7) is 3.71. The van der Waals surface area contributed by atoms with Gasteiger partial charge in [0.05, 0.1) is 6.42 Å². The molecule has 0 N–H and O–H groups in total. The van der Waals surface area contributed by atoms with Gasteiger partial charge in [-0.25, -0.2) is 0 Å². The monoisotopic (exact) mass is 202 g/mol. The maximum atomic E-state index is 12.1. The first-order valence-electron chi connectivity index (χ1n) is 4.57. The van der Waals surface area contributed by atoms with Crippen LogP contribution in [-0.2, 0) is 12.8 Å². The first-order valence-corrected chi connectivity index (χ1v) is 4.57. The maximum absolute atomic E-state index is 12.1. The van der Waals surface area contributed by atoms with E-state index in [0.29, 0.717) is 5.56 Å². The Morgan fingerprint density at radius 1 is 1.21 bits per heavy atom. The third-order valence-electron chi connectivity index (χ3n) is 2.21. The Morgan fingerprint density at radius 3 is 2.29 bits per heavy atom. The number of hydrogen-bond acceptors (Lipinski definition) is 0. The largest absolute Gasteiger partial charge is 0.393 e. The van der Waals surface area contributed by atoms with Crippen molar-refractivity contribution in [2.24, 2.45) is 0 Å². The average molecular weight is 202 g/mol. The molecule has 0 aliphatic carbocycles. The first-order chi connectivity index (χ1) is 6.42. The zero-order valence-electron chi connectivity index (χ0n) is 8.28. The topological polar surface area (TPSA) is 0 Å². The van der Waals surface area contributed by atoms with Crippen LogP contribution in [0.2, 0.25) is 0 Å². The molecule has 1 aromatic carbocycles. The van der Waals surface area contributed by atoms with Crippen LogP contribution in [0.4, 0.5) is 13.2 Å². The summed E-state index contributed by atoms with van der Waals surface area (Å²) in [5, 5.41) is 0. The predicted molar refractivity (Wildman–Crippen MR) is 50.3 cm³/mol. The molecule has 0 fully saturated rings. The Hall–Kier alpha value is -0.990. The van der Waals surface area contributed by atoms with Crippen LogP contribution < -0.4 is 0 Å². The predicted octanol–water partition coefficient (Wildman–Crippen LogP) is 3.66. The molecule has 0 aliphatic heterocycles. The van der Waals surface area contributed by atoms with E-state index in [1.54, 1.807) is 19.1 Å². The fourth-order valence-corrected chi connectivity index (χ4v) is 1.39. The quantitative estimate of drug-likeness (QED) is 0.686. The molecule has 0 atom stereocenters. The lowest BCUT2D eigenvalue weighted by molar-refractivity contribution is -0.127. The average Bonchev–Trinajstić information content (AvgIpc) is 2.06. The summed E-state index contributed by atoms with van der Waals surface area (Å²) in [5.74, 6) is 0. The molecule has 14 heavy (non-hydrogen) atoms. The van der Waals surface area contributed by atoms with Crippen LogP contribution in [0.25, 0.3) is 0 Å². The molecule has 0 aromatic heterocycles. The second-order valence-corrected chi connectivity index (χ2v) is 3.41. The molecule has 0 saturated heterocycles. The van der Waals surface area contributed by atoms with Gasteiger partial charge in [-0.1, -0.05) is 25.1 Å². The second kappa shape index (κ2) is 4.03. The van der Waals surface area contributed by atoms with E-state index in [-0.39, 0.29) is 0 Å². The van der Waals surface area contributed by atoms with E-state index in [9.17, 15) is 13.2 Å². The standard InChI is InChI=1S/C11H13F3/c1-3-9-4-5-10(8(2)6-9)7-11(12,13)14/h4-6H,3,7H2,1-2H3. The summed E-state index contributed by atoms with van der Waals surface area (Å²) in [4.78, 5) is 0. The molecule has 0 nitrogen and oxygen atoms in total. The Kier molecular flexibility index (Phi) is 3.19. The van der Waals surface area contributed by atoms with Gasteiger partial charge in [-0.05, 0) is 30.0 Å². The van der Waals surface area contributed by atoms with Crippen molar-refractivity contribution in [1.29, 1.82) is 0 Å². The summed E-state index contributed by atoms with van der Waals surface area (Å²) in [7, 11) is 0. The van der Waals surface area contributed by atoms with Crippen molar-refractivity contribution in [3.63, 3.8) is 0 Å². The molecule has 0 heterocycles. The number of benzene rings is 1. The highest BCUT2D eigenvalue weighted by atomic mass is 19.4. The first kappa shape index (κ1) is 11.1. The SMILES string of the molecule is CCc1ccc(CC(F)(F)F)c(C)c1. The van der Waals surface area contributed by atoms with Crippen LogP contribution >= 0.6 is 0 Å². The minimum absolute atomic E-state index is 0.370. The normalized spacial score (nSPS) is 11.8. The van der Waals surface area contributed by atoms with Crippen LogP contribution in [0.5, 0.6) is 0 Å². The van der Waals surface area contributed by atoms with Gasteiger partial charge in [0.25, 0.3) is 0 Å². The van der Waals surface area contributed by atoms with E-state index < -0.39 is 12.6 Å². The highest BCUT2D eigenvalue weighted by molar-refractivity contribution is 5.31. The summed E-state index contributed by atoms with van der Waals surface area (Å²) in [6.07, 6.45) is -4.09. The highest BCUT2D eigenvalue weighted by Gasteiger charge is 2.28. The van der Waals surface area contributed by atoms with Gasteiger partial charge in [0, 0.05) is 0 Å². The maximum Gasteiger partial charge on any atom is 0.393 e. The molecule has 0 spiro atoms. The molecular weight excluding hydrogens is 189 g/mol. The van der Waals surface area contributed by atoms with Crippen molar-refractivity contribution in [3.05, 3.63) is 34.9 Å². The fraction of sp³-hybridized carbons (Fsp3) is 0.455. The van der Waals surface area contributed by atoms with Gasteiger partial charge >= 0.3 is 6.18 Å². The van der Waals surface area contributed by atoms with E-state index in [2.05, 4.69) is 0 Å². The van der Waals surface area contributed by atoms with E-state index >= 15 is 0 Å². The summed E-state index contributed by atoms with van der Waals surface area (Å²) >= 11 is 0. The zero-order chi connectivity index (χ0) is 10.8. The van der Waals surface area contributed by atoms with Crippen LogP contribution in [0.1, 0.15) is 23.6 Å². The van der Waals surface area contributed by atoms with Gasteiger partial charge < -0.3 is 0 Å². The zero-order valence-corrected chi connectivity index (χ0v) is 8.28. The Labute approximate surface area is 81.8 Å². The van der Waals surface area contributed by atoms with Crippen LogP contribution in [0.15, 0.2) is 18.2 Å². The molecule has 78 valence electrons. The number of rotatable bonds is 2. The summed E-state index contributed by atoms with van der Waals surface area (Å²) < 4.78 is 36.3. The van der Waals surface area contributed by atoms with Gasteiger partial charge in [0.15, 0.2) is 0 Å². The Balaban J connectivity index is 2.89. The van der Waals surface area contributed by atoms with Crippen molar-refractivity contribution in [2.75, 3.05) is 0 Å². The molecule has 0 saturated carbocycles. The van der Waals surface area contributed by atoms with Crippen LogP contribution in [0.3, 0.4) is 0 Å². The number of alkyl halides is 3. The molecule has 0 aliphatic rings. The van der Waals surface area contributed by atoms with E-state index in [1.165, 1.54) is 0 Å². The lowest BCUT2D eigenvalue weighted by Gasteiger charge is -2.10. The molecule has 1 rings (SSSR count). The van der Waals surface area contributed by atoms with E-state index in [4.69, 9.17) is 0 Å². The minimum atomic E-state index is -4.11. The van der Waals surface area contributed by atoms with Gasteiger partial charge in [0.2, 0.25) is 0 Å². The number of aryl methyl sites for hydroxylation is 2. The molecule has 1 aromatic rings. The van der Waals surface area contributed by atoms with Gasteiger partial charge in [-0.2, -0.15) is 13.2 Å². The Morgan fingerprint density at radius 2 is 1.86 bits per heavy atom. The van der Waals surface area contributed by atoms with Crippen molar-refractivity contribution in [2.45, 2.75) is 32.9 Å². The van der Waals surface area contributed by atoms with E-state index in [1.807, 2.05) is 13.0 Å². The van der Waals surface area contributed by atoms with Gasteiger partial charge in [-0.3, -0.25) is 0 Å². The molecule has 0 bridgehead atoms. The molecule has 0 radical (unpaired) electrons. The third-order valence-corrected chi connectivity index (χ3v) is 2.21. The Bertz CT molecular complexity index is 313. The molecule has 0 unspecified atom stereocenters. The molecule has 3 heteroatoms. The summed E-state index contributed by atoms with van der Waals surface area (Å²) in [5.41, 5.74) is 2.17. The number of hydrogen-bond donors (Lipinski definition) is 0. The van der Waals surface area contributed by atoms with Crippen LogP contribution in [-0.4, -0.2) is 6.18 Å². The van der Waals surface area contributed by atoms with Gasteiger partial charge in [0.1, 0.15) is 0 Å². The molecule has 0 amide bonds. The summed E-state index contributed by atoms with van der Waals surface area (Å²) in [6, 6.07) is 5.15. The highest BCUT2D eigenvalue weighted by Crippen LogP contribution is 2.23. The van der Waals surface area contributed by atoms with Gasteiger partial charge in [-0.15, -0.1) is 0 Å². The second-order valence-electron chi connectivity index (χ2n) is 3.41. The van der Waals surface area contributed by atoms with Crippen molar-refractivity contribution >= 4 is 0 Å². The third kappa shape index (κ3) is 3.05. The van der Waals surface area contributed by atoms with Crippen molar-refractivity contribution in [3.8, 4) is 0 Å².